The number of ketones is 1. The lowest BCUT2D eigenvalue weighted by molar-refractivity contribution is 0.103. The molecule has 0 aliphatic carbocycles. The Bertz CT molecular complexity index is 1450. The lowest BCUT2D eigenvalue weighted by Crippen LogP contribution is -2.32. The molecule has 0 atom stereocenters. The lowest BCUT2D eigenvalue weighted by atomic mass is 10.00. The summed E-state index contributed by atoms with van der Waals surface area (Å²) in [6, 6.07) is 25.3. The normalized spacial score (nSPS) is 13.1. The second-order valence-electron chi connectivity index (χ2n) is 9.34. The van der Waals surface area contributed by atoms with Crippen LogP contribution in [0.5, 0.6) is 0 Å². The molecule has 5 rings (SSSR count). The Morgan fingerprint density at radius 2 is 1.78 bits per heavy atom. The number of carbonyl (C=O) groups is 1. The smallest absolute Gasteiger partial charge is 0.214 e. The number of halogens is 1. The zero-order valence-corrected chi connectivity index (χ0v) is 21.5. The van der Waals surface area contributed by atoms with E-state index in [1.54, 1.807) is 28.9 Å². The van der Waals surface area contributed by atoms with Crippen molar-refractivity contribution in [2.75, 3.05) is 25.0 Å². The van der Waals surface area contributed by atoms with Gasteiger partial charge in [-0.2, -0.15) is 10.4 Å². The van der Waals surface area contributed by atoms with E-state index >= 15 is 0 Å². The lowest BCUT2D eigenvalue weighted by Gasteiger charge is -2.28. The molecule has 3 aromatic carbocycles. The average molecular weight is 510 g/mol. The summed E-state index contributed by atoms with van der Waals surface area (Å²) in [5.41, 5.74) is 5.49. The Kier molecular flexibility index (Phi) is 7.36. The first-order valence-corrected chi connectivity index (χ1v) is 12.8. The standard InChI is InChI=1S/C30H28ClN5O/c1-21-7-9-23(10-8-21)29(37)28-27(19-32)30(36(34-28)26-13-11-25(31)12-14-26)33-16-4-17-35-18-15-22-5-2-3-6-24(22)20-35/h2-3,5-14,33H,4,15-18,20H2,1H3. The molecule has 1 aliphatic rings. The molecule has 6 nitrogen and oxygen atoms in total. The van der Waals surface area contributed by atoms with E-state index in [1.807, 2.05) is 31.2 Å². The Hall–Kier alpha value is -3.92. The van der Waals surface area contributed by atoms with Crippen molar-refractivity contribution in [1.82, 2.24) is 14.7 Å². The molecule has 0 amide bonds. The Balaban J connectivity index is 1.36. The van der Waals surface area contributed by atoms with Gasteiger partial charge in [0.25, 0.3) is 0 Å². The van der Waals surface area contributed by atoms with Crippen molar-refractivity contribution >= 4 is 23.2 Å². The van der Waals surface area contributed by atoms with Crippen LogP contribution in [0.2, 0.25) is 5.02 Å². The third kappa shape index (κ3) is 5.43. The van der Waals surface area contributed by atoms with E-state index in [9.17, 15) is 10.1 Å². The van der Waals surface area contributed by atoms with Crippen LogP contribution in [0.4, 0.5) is 5.82 Å². The average Bonchev–Trinajstić information content (AvgIpc) is 3.29. The van der Waals surface area contributed by atoms with Gasteiger partial charge < -0.3 is 5.32 Å². The predicted molar refractivity (Wildman–Crippen MR) is 146 cm³/mol. The summed E-state index contributed by atoms with van der Waals surface area (Å²) in [4.78, 5) is 15.8. The number of nitriles is 1. The number of fused-ring (bicyclic) bond motifs is 1. The highest BCUT2D eigenvalue weighted by atomic mass is 35.5. The van der Waals surface area contributed by atoms with Crippen LogP contribution in [0.15, 0.2) is 72.8 Å². The van der Waals surface area contributed by atoms with Crippen molar-refractivity contribution in [3.63, 3.8) is 0 Å². The van der Waals surface area contributed by atoms with Gasteiger partial charge >= 0.3 is 0 Å². The van der Waals surface area contributed by atoms with Gasteiger partial charge in [-0.3, -0.25) is 9.69 Å². The SMILES string of the molecule is Cc1ccc(C(=O)c2nn(-c3ccc(Cl)cc3)c(NCCCN3CCc4ccccc4C3)c2C#N)cc1. The first kappa shape index (κ1) is 24.8. The fourth-order valence-corrected chi connectivity index (χ4v) is 4.84. The molecule has 37 heavy (non-hydrogen) atoms. The van der Waals surface area contributed by atoms with Gasteiger partial charge in [0.2, 0.25) is 5.78 Å². The minimum atomic E-state index is -0.278. The third-order valence-electron chi connectivity index (χ3n) is 6.75. The number of carbonyl (C=O) groups excluding carboxylic acids is 1. The van der Waals surface area contributed by atoms with E-state index < -0.39 is 0 Å². The molecule has 0 spiro atoms. The molecule has 1 aliphatic heterocycles. The third-order valence-corrected chi connectivity index (χ3v) is 7.00. The fourth-order valence-electron chi connectivity index (χ4n) is 4.71. The zero-order valence-electron chi connectivity index (χ0n) is 20.7. The number of rotatable bonds is 8. The van der Waals surface area contributed by atoms with Crippen molar-refractivity contribution in [2.24, 2.45) is 0 Å². The Labute approximate surface area is 222 Å². The van der Waals surface area contributed by atoms with E-state index in [1.165, 1.54) is 11.1 Å². The molecule has 0 fully saturated rings. The molecule has 0 saturated heterocycles. The number of hydrogen-bond donors (Lipinski definition) is 1. The fraction of sp³-hybridized carbons (Fsp3) is 0.233. The van der Waals surface area contributed by atoms with Gasteiger partial charge in [-0.15, -0.1) is 0 Å². The van der Waals surface area contributed by atoms with E-state index in [0.717, 1.165) is 43.7 Å². The minimum absolute atomic E-state index is 0.136. The topological polar surface area (TPSA) is 74.0 Å². The van der Waals surface area contributed by atoms with Crippen molar-refractivity contribution in [1.29, 1.82) is 5.26 Å². The largest absolute Gasteiger partial charge is 0.369 e. The summed E-state index contributed by atoms with van der Waals surface area (Å²) in [7, 11) is 0. The monoisotopic (exact) mass is 509 g/mol. The predicted octanol–water partition coefficient (Wildman–Crippen LogP) is 5.80. The van der Waals surface area contributed by atoms with Gasteiger partial charge in [-0.05, 0) is 55.2 Å². The Morgan fingerprint density at radius 3 is 2.51 bits per heavy atom. The molecule has 0 saturated carbocycles. The highest BCUT2D eigenvalue weighted by Gasteiger charge is 2.25. The van der Waals surface area contributed by atoms with Gasteiger partial charge in [-0.25, -0.2) is 4.68 Å². The first-order valence-electron chi connectivity index (χ1n) is 12.5. The van der Waals surface area contributed by atoms with Crippen LogP contribution in [-0.2, 0) is 13.0 Å². The highest BCUT2D eigenvalue weighted by molar-refractivity contribution is 6.30. The number of aryl methyl sites for hydroxylation is 1. The van der Waals surface area contributed by atoms with Crippen molar-refractivity contribution < 1.29 is 4.79 Å². The zero-order chi connectivity index (χ0) is 25.8. The van der Waals surface area contributed by atoms with Gasteiger partial charge in [0.1, 0.15) is 17.5 Å². The molecular formula is C30H28ClN5O. The van der Waals surface area contributed by atoms with Crippen molar-refractivity contribution in [2.45, 2.75) is 26.3 Å². The summed E-state index contributed by atoms with van der Waals surface area (Å²) >= 11 is 6.10. The molecule has 186 valence electrons. The molecule has 0 bridgehead atoms. The quantitative estimate of drug-likeness (QED) is 0.240. The highest BCUT2D eigenvalue weighted by Crippen LogP contribution is 2.27. The van der Waals surface area contributed by atoms with Crippen LogP contribution in [0.25, 0.3) is 5.69 Å². The second-order valence-corrected chi connectivity index (χ2v) is 9.78. The molecular weight excluding hydrogens is 482 g/mol. The van der Waals surface area contributed by atoms with Crippen LogP contribution in [-0.4, -0.2) is 40.1 Å². The Morgan fingerprint density at radius 1 is 1.05 bits per heavy atom. The maximum Gasteiger partial charge on any atom is 0.214 e. The van der Waals surface area contributed by atoms with Crippen LogP contribution in [0.3, 0.4) is 0 Å². The molecule has 4 aromatic rings. The van der Waals surface area contributed by atoms with Crippen molar-refractivity contribution in [3.05, 3.63) is 111 Å². The maximum absolute atomic E-state index is 13.3. The van der Waals surface area contributed by atoms with Crippen LogP contribution in [0, 0.1) is 18.3 Å². The van der Waals surface area contributed by atoms with Gasteiger partial charge in [-0.1, -0.05) is 65.7 Å². The molecule has 1 N–H and O–H groups in total. The van der Waals surface area contributed by atoms with Crippen LogP contribution < -0.4 is 5.32 Å². The van der Waals surface area contributed by atoms with Gasteiger partial charge in [0, 0.05) is 36.8 Å². The molecule has 0 radical (unpaired) electrons. The first-order chi connectivity index (χ1) is 18.0. The van der Waals surface area contributed by atoms with Gasteiger partial charge in [0.05, 0.1) is 5.69 Å². The number of aromatic nitrogens is 2. The summed E-state index contributed by atoms with van der Waals surface area (Å²) < 4.78 is 1.63. The van der Waals surface area contributed by atoms with Gasteiger partial charge in [0.15, 0.2) is 5.69 Å². The number of nitrogens with one attached hydrogen (secondary N) is 1. The van der Waals surface area contributed by atoms with Crippen molar-refractivity contribution in [3.8, 4) is 11.8 Å². The molecule has 1 aromatic heterocycles. The minimum Gasteiger partial charge on any atom is -0.369 e. The summed E-state index contributed by atoms with van der Waals surface area (Å²) in [5.74, 6) is 0.239. The van der Waals surface area contributed by atoms with E-state index in [2.05, 4.69) is 45.7 Å². The number of hydrogen-bond acceptors (Lipinski definition) is 5. The number of nitrogens with zero attached hydrogens (tertiary/aromatic N) is 4. The van der Waals surface area contributed by atoms with E-state index in [-0.39, 0.29) is 17.0 Å². The summed E-state index contributed by atoms with van der Waals surface area (Å²) in [5, 5.41) is 18.7. The number of anilines is 1. The second kappa shape index (κ2) is 11.0. The van der Waals surface area contributed by atoms with Crippen LogP contribution >= 0.6 is 11.6 Å². The maximum atomic E-state index is 13.3. The molecule has 7 heteroatoms. The molecule has 0 unspecified atom stereocenters. The van der Waals surface area contributed by atoms with Crippen LogP contribution in [0.1, 0.15) is 44.7 Å². The number of benzene rings is 3. The van der Waals surface area contributed by atoms with E-state index in [0.29, 0.717) is 22.9 Å². The van der Waals surface area contributed by atoms with E-state index in [4.69, 9.17) is 11.6 Å². The summed E-state index contributed by atoms with van der Waals surface area (Å²) in [6.45, 7) is 5.54. The summed E-state index contributed by atoms with van der Waals surface area (Å²) in [6.07, 6.45) is 1.95. The molecule has 2 heterocycles.